The third kappa shape index (κ3) is 3.97. The van der Waals surface area contributed by atoms with Gasteiger partial charge in [-0.1, -0.05) is 11.6 Å². The van der Waals surface area contributed by atoms with Crippen molar-refractivity contribution in [2.75, 3.05) is 26.7 Å². The van der Waals surface area contributed by atoms with Crippen LogP contribution in [0.2, 0.25) is 5.02 Å². The maximum Gasteiger partial charge on any atom is 0.341 e. The first-order chi connectivity index (χ1) is 11.0. The number of fused-ring (bicyclic) bond motifs is 2. The summed E-state index contributed by atoms with van der Waals surface area (Å²) in [5.41, 5.74) is 0.958. The second-order valence-electron chi connectivity index (χ2n) is 6.51. The molecule has 2 bridgehead atoms. The standard InChI is InChI=1S/C17H23ClN2O3/c1-19-14-3-4-15(19)10-20(7-6-14)9-12-8-13(18)2-5-16(12)23-11-17(21)22/h2,5,8,14-15H,3-4,6-7,9-11H2,1H3,(H,21,22). The van der Waals surface area contributed by atoms with Crippen LogP contribution in [0.15, 0.2) is 18.2 Å². The summed E-state index contributed by atoms with van der Waals surface area (Å²) >= 11 is 6.12. The molecule has 1 aromatic rings. The Kier molecular flexibility index (Phi) is 5.09. The normalized spacial score (nSPS) is 25.3. The third-order valence-corrected chi connectivity index (χ3v) is 5.24. The number of carboxylic acid groups (broad SMARTS) is 1. The molecule has 1 N–H and O–H groups in total. The quantitative estimate of drug-likeness (QED) is 0.894. The molecule has 2 atom stereocenters. The Morgan fingerprint density at radius 2 is 2.13 bits per heavy atom. The molecule has 0 amide bonds. The first-order valence-electron chi connectivity index (χ1n) is 8.10. The van der Waals surface area contributed by atoms with E-state index in [-0.39, 0.29) is 6.61 Å². The zero-order valence-electron chi connectivity index (χ0n) is 13.4. The van der Waals surface area contributed by atoms with Crippen molar-refractivity contribution in [3.05, 3.63) is 28.8 Å². The summed E-state index contributed by atoms with van der Waals surface area (Å²) in [7, 11) is 2.23. The van der Waals surface area contributed by atoms with Gasteiger partial charge in [0.25, 0.3) is 0 Å². The van der Waals surface area contributed by atoms with Gasteiger partial charge in [0.05, 0.1) is 0 Å². The SMILES string of the molecule is CN1C2CCC1CN(Cc1cc(Cl)ccc1OCC(=O)O)CC2. The average Bonchev–Trinajstić information content (AvgIpc) is 2.74. The van der Waals surface area contributed by atoms with Gasteiger partial charge in [0.1, 0.15) is 5.75 Å². The highest BCUT2D eigenvalue weighted by atomic mass is 35.5. The average molecular weight is 339 g/mol. The topological polar surface area (TPSA) is 53.0 Å². The molecule has 2 aliphatic heterocycles. The van der Waals surface area contributed by atoms with Gasteiger partial charge in [-0.25, -0.2) is 4.79 Å². The highest BCUT2D eigenvalue weighted by molar-refractivity contribution is 6.30. The number of carbonyl (C=O) groups is 1. The molecular weight excluding hydrogens is 316 g/mol. The fourth-order valence-corrected chi connectivity index (χ4v) is 3.91. The number of ether oxygens (including phenoxy) is 1. The Hall–Kier alpha value is -1.30. The van der Waals surface area contributed by atoms with Crippen LogP contribution in [0.3, 0.4) is 0 Å². The molecule has 2 saturated heterocycles. The van der Waals surface area contributed by atoms with Gasteiger partial charge < -0.3 is 9.84 Å². The van der Waals surface area contributed by atoms with Crippen molar-refractivity contribution >= 4 is 17.6 Å². The number of benzene rings is 1. The highest BCUT2D eigenvalue weighted by Crippen LogP contribution is 2.30. The van der Waals surface area contributed by atoms with E-state index in [2.05, 4.69) is 16.8 Å². The largest absolute Gasteiger partial charge is 0.482 e. The van der Waals surface area contributed by atoms with Gasteiger partial charge in [0, 0.05) is 42.3 Å². The van der Waals surface area contributed by atoms with Crippen LogP contribution in [0.1, 0.15) is 24.8 Å². The molecule has 0 radical (unpaired) electrons. The Labute approximate surface area is 141 Å². The molecule has 23 heavy (non-hydrogen) atoms. The third-order valence-electron chi connectivity index (χ3n) is 5.00. The number of hydrogen-bond donors (Lipinski definition) is 1. The lowest BCUT2D eigenvalue weighted by Gasteiger charge is -2.26. The van der Waals surface area contributed by atoms with Gasteiger partial charge in [-0.2, -0.15) is 0 Å². The zero-order chi connectivity index (χ0) is 16.4. The monoisotopic (exact) mass is 338 g/mol. The van der Waals surface area contributed by atoms with Gasteiger partial charge in [0.15, 0.2) is 6.61 Å². The number of likely N-dealkylation sites (tertiary alicyclic amines) is 1. The van der Waals surface area contributed by atoms with Crippen LogP contribution in [0.4, 0.5) is 0 Å². The van der Waals surface area contributed by atoms with Crippen molar-refractivity contribution < 1.29 is 14.6 Å². The van der Waals surface area contributed by atoms with Crippen LogP contribution < -0.4 is 4.74 Å². The number of rotatable bonds is 5. The Balaban J connectivity index is 1.71. The van der Waals surface area contributed by atoms with Gasteiger partial charge >= 0.3 is 5.97 Å². The lowest BCUT2D eigenvalue weighted by molar-refractivity contribution is -0.139. The molecule has 0 saturated carbocycles. The van der Waals surface area contributed by atoms with Gasteiger partial charge in [-0.3, -0.25) is 9.80 Å². The van der Waals surface area contributed by atoms with E-state index in [1.165, 1.54) is 19.3 Å². The first kappa shape index (κ1) is 16.6. The summed E-state index contributed by atoms with van der Waals surface area (Å²) in [5.74, 6) is -0.362. The van der Waals surface area contributed by atoms with Crippen LogP contribution in [0.5, 0.6) is 5.75 Å². The fraction of sp³-hybridized carbons (Fsp3) is 0.588. The van der Waals surface area contributed by atoms with E-state index in [9.17, 15) is 4.79 Å². The highest BCUT2D eigenvalue weighted by Gasteiger charge is 2.34. The van der Waals surface area contributed by atoms with E-state index in [1.807, 2.05) is 6.07 Å². The summed E-state index contributed by atoms with van der Waals surface area (Å²) in [6, 6.07) is 6.69. The van der Waals surface area contributed by atoms with E-state index < -0.39 is 5.97 Å². The van der Waals surface area contributed by atoms with E-state index in [0.29, 0.717) is 22.9 Å². The second-order valence-corrected chi connectivity index (χ2v) is 6.95. The van der Waals surface area contributed by atoms with Gasteiger partial charge in [0.2, 0.25) is 0 Å². The van der Waals surface area contributed by atoms with Crippen LogP contribution in [0.25, 0.3) is 0 Å². The van der Waals surface area contributed by atoms with E-state index in [4.69, 9.17) is 21.4 Å². The van der Waals surface area contributed by atoms with Crippen molar-refractivity contribution in [1.29, 1.82) is 0 Å². The minimum absolute atomic E-state index is 0.331. The minimum atomic E-state index is -0.973. The predicted molar refractivity (Wildman–Crippen MR) is 89.0 cm³/mol. The molecule has 0 aliphatic carbocycles. The Bertz CT molecular complexity index is 581. The molecule has 2 unspecified atom stereocenters. The summed E-state index contributed by atoms with van der Waals surface area (Å²) < 4.78 is 5.41. The molecule has 0 spiro atoms. The van der Waals surface area contributed by atoms with Crippen molar-refractivity contribution in [3.63, 3.8) is 0 Å². The number of nitrogens with zero attached hydrogens (tertiary/aromatic N) is 2. The summed E-state index contributed by atoms with van der Waals surface area (Å²) in [6.07, 6.45) is 3.74. The molecule has 0 aromatic heterocycles. The van der Waals surface area contributed by atoms with Crippen LogP contribution in [-0.2, 0) is 11.3 Å². The number of halogens is 1. The Morgan fingerprint density at radius 1 is 1.35 bits per heavy atom. The smallest absolute Gasteiger partial charge is 0.341 e. The number of likely N-dealkylation sites (N-methyl/N-ethyl adjacent to an activating group) is 1. The first-order valence-corrected chi connectivity index (χ1v) is 8.48. The van der Waals surface area contributed by atoms with Crippen LogP contribution >= 0.6 is 11.6 Å². The van der Waals surface area contributed by atoms with Crippen molar-refractivity contribution in [1.82, 2.24) is 9.80 Å². The molecule has 2 fully saturated rings. The van der Waals surface area contributed by atoms with Crippen molar-refractivity contribution in [2.24, 2.45) is 0 Å². The molecular formula is C17H23ClN2O3. The van der Waals surface area contributed by atoms with E-state index >= 15 is 0 Å². The van der Waals surface area contributed by atoms with Crippen LogP contribution in [0, 0.1) is 0 Å². The number of hydrogen-bond acceptors (Lipinski definition) is 4. The van der Waals surface area contributed by atoms with E-state index in [1.54, 1.807) is 12.1 Å². The number of aliphatic carboxylic acids is 1. The van der Waals surface area contributed by atoms with Crippen LogP contribution in [-0.4, -0.2) is 59.7 Å². The predicted octanol–water partition coefficient (Wildman–Crippen LogP) is 2.47. The molecule has 2 aliphatic rings. The Morgan fingerprint density at radius 3 is 2.91 bits per heavy atom. The van der Waals surface area contributed by atoms with Crippen molar-refractivity contribution in [3.8, 4) is 5.75 Å². The summed E-state index contributed by atoms with van der Waals surface area (Å²) in [5, 5.41) is 9.46. The summed E-state index contributed by atoms with van der Waals surface area (Å²) in [4.78, 5) is 15.7. The molecule has 2 heterocycles. The fourth-order valence-electron chi connectivity index (χ4n) is 3.72. The maximum atomic E-state index is 10.7. The maximum absolute atomic E-state index is 10.7. The molecule has 6 heteroatoms. The lowest BCUT2D eigenvalue weighted by Crippen LogP contribution is -2.36. The molecule has 126 valence electrons. The second kappa shape index (κ2) is 7.07. The molecule has 1 aromatic carbocycles. The summed E-state index contributed by atoms with van der Waals surface area (Å²) in [6.45, 7) is 2.50. The minimum Gasteiger partial charge on any atom is -0.482 e. The molecule has 3 rings (SSSR count). The van der Waals surface area contributed by atoms with Crippen molar-refractivity contribution in [2.45, 2.75) is 37.9 Å². The van der Waals surface area contributed by atoms with Gasteiger partial charge in [-0.15, -0.1) is 0 Å². The molecule has 5 nitrogen and oxygen atoms in total. The van der Waals surface area contributed by atoms with Gasteiger partial charge in [-0.05, 0) is 44.5 Å². The number of carboxylic acids is 1. The van der Waals surface area contributed by atoms with E-state index in [0.717, 1.165) is 25.2 Å². The zero-order valence-corrected chi connectivity index (χ0v) is 14.1. The lowest BCUT2D eigenvalue weighted by atomic mass is 10.1.